The minimum atomic E-state index is -0.525. The molecule has 1 aromatic carbocycles. The fourth-order valence-corrected chi connectivity index (χ4v) is 2.10. The Bertz CT molecular complexity index is 709. The highest BCUT2D eigenvalue weighted by molar-refractivity contribution is 5.93. The third kappa shape index (κ3) is 5.05. The van der Waals surface area contributed by atoms with Crippen molar-refractivity contribution in [2.45, 2.75) is 19.8 Å². The first-order valence-electron chi connectivity index (χ1n) is 7.83. The lowest BCUT2D eigenvalue weighted by atomic mass is 10.3. The van der Waals surface area contributed by atoms with Crippen LogP contribution in [-0.4, -0.2) is 44.8 Å². The Balaban J connectivity index is 2.04. The first-order valence-corrected chi connectivity index (χ1v) is 7.83. The second-order valence-electron chi connectivity index (χ2n) is 5.31. The summed E-state index contributed by atoms with van der Waals surface area (Å²) in [6.45, 7) is 2.43. The van der Waals surface area contributed by atoms with E-state index in [1.54, 1.807) is 12.3 Å². The first-order chi connectivity index (χ1) is 11.6. The van der Waals surface area contributed by atoms with Gasteiger partial charge < -0.3 is 10.6 Å². The van der Waals surface area contributed by atoms with Crippen LogP contribution in [0.1, 0.15) is 25.5 Å². The summed E-state index contributed by atoms with van der Waals surface area (Å²) >= 11 is 0. The van der Waals surface area contributed by atoms with Crippen LogP contribution in [0.25, 0.3) is 11.8 Å². The van der Waals surface area contributed by atoms with Crippen molar-refractivity contribution in [3.05, 3.63) is 48.3 Å². The van der Waals surface area contributed by atoms with Crippen molar-refractivity contribution in [1.29, 1.82) is 0 Å². The molecular formula is C17H21N5O2. The van der Waals surface area contributed by atoms with Crippen LogP contribution >= 0.6 is 0 Å². The van der Waals surface area contributed by atoms with Gasteiger partial charge in [-0.25, -0.2) is 0 Å². The number of rotatable bonds is 8. The maximum absolute atomic E-state index is 12.2. The molecule has 0 bridgehead atoms. The molecule has 2 amide bonds. The predicted molar refractivity (Wildman–Crippen MR) is 91.1 cm³/mol. The molecule has 24 heavy (non-hydrogen) atoms. The average Bonchev–Trinajstić information content (AvgIpc) is 3.06. The standard InChI is InChI=1S/C17H21N5O2/c1-2-3-11-21(13-16(18)23)17(24)10-9-14-12-19-22(20-14)15-7-5-4-6-8-15/h4-10,12H,2-3,11,13H2,1H3,(H2,18,23)/b10-9+. The van der Waals surface area contributed by atoms with Gasteiger partial charge in [-0.15, -0.1) is 5.10 Å². The summed E-state index contributed by atoms with van der Waals surface area (Å²) in [5.41, 5.74) is 6.59. The molecule has 0 fully saturated rings. The minimum Gasteiger partial charge on any atom is -0.368 e. The highest BCUT2D eigenvalue weighted by atomic mass is 16.2. The van der Waals surface area contributed by atoms with Crippen molar-refractivity contribution in [2.24, 2.45) is 5.73 Å². The van der Waals surface area contributed by atoms with Crippen LogP contribution in [0.3, 0.4) is 0 Å². The zero-order chi connectivity index (χ0) is 17.4. The van der Waals surface area contributed by atoms with Crippen molar-refractivity contribution in [3.63, 3.8) is 0 Å². The van der Waals surface area contributed by atoms with E-state index in [0.717, 1.165) is 18.5 Å². The minimum absolute atomic E-state index is 0.0835. The normalized spacial score (nSPS) is 10.9. The van der Waals surface area contributed by atoms with Crippen LogP contribution in [0, 0.1) is 0 Å². The third-order valence-corrected chi connectivity index (χ3v) is 3.33. The van der Waals surface area contributed by atoms with Crippen molar-refractivity contribution in [3.8, 4) is 5.69 Å². The van der Waals surface area contributed by atoms with Crippen LogP contribution in [0.4, 0.5) is 0 Å². The van der Waals surface area contributed by atoms with Crippen molar-refractivity contribution < 1.29 is 9.59 Å². The number of benzene rings is 1. The molecule has 2 rings (SSSR count). The highest BCUT2D eigenvalue weighted by Gasteiger charge is 2.12. The van der Waals surface area contributed by atoms with E-state index >= 15 is 0 Å². The van der Waals surface area contributed by atoms with Crippen LogP contribution in [-0.2, 0) is 9.59 Å². The summed E-state index contributed by atoms with van der Waals surface area (Å²) in [6, 6.07) is 9.48. The molecule has 1 aromatic heterocycles. The molecule has 0 spiro atoms. The molecule has 0 radical (unpaired) electrons. The van der Waals surface area contributed by atoms with Crippen LogP contribution in [0.15, 0.2) is 42.6 Å². The summed E-state index contributed by atoms with van der Waals surface area (Å²) in [7, 11) is 0. The summed E-state index contributed by atoms with van der Waals surface area (Å²) in [5, 5.41) is 8.45. The number of para-hydroxylation sites is 1. The van der Waals surface area contributed by atoms with Gasteiger partial charge in [0, 0.05) is 12.6 Å². The Labute approximate surface area is 140 Å². The van der Waals surface area contributed by atoms with Crippen molar-refractivity contribution in [1.82, 2.24) is 19.9 Å². The molecule has 126 valence electrons. The Morgan fingerprint density at radius 1 is 1.29 bits per heavy atom. The zero-order valence-corrected chi connectivity index (χ0v) is 13.6. The van der Waals surface area contributed by atoms with E-state index < -0.39 is 5.91 Å². The Kier molecular flexibility index (Phi) is 6.24. The number of carbonyl (C=O) groups excluding carboxylic acids is 2. The molecule has 1 heterocycles. The maximum Gasteiger partial charge on any atom is 0.247 e. The van der Waals surface area contributed by atoms with E-state index in [-0.39, 0.29) is 12.5 Å². The third-order valence-electron chi connectivity index (χ3n) is 3.33. The molecule has 2 aromatic rings. The number of carbonyl (C=O) groups is 2. The molecule has 0 saturated heterocycles. The smallest absolute Gasteiger partial charge is 0.247 e. The SMILES string of the molecule is CCCCN(CC(N)=O)C(=O)/C=C/c1cnn(-c2ccccc2)n1. The first kappa shape index (κ1) is 17.4. The molecule has 0 aliphatic heterocycles. The van der Waals surface area contributed by atoms with Crippen molar-refractivity contribution >= 4 is 17.9 Å². The molecule has 0 saturated carbocycles. The lowest BCUT2D eigenvalue weighted by molar-refractivity contribution is -0.131. The van der Waals surface area contributed by atoms with E-state index in [9.17, 15) is 9.59 Å². The number of amides is 2. The second kappa shape index (κ2) is 8.61. The summed E-state index contributed by atoms with van der Waals surface area (Å²) < 4.78 is 0. The molecule has 7 nitrogen and oxygen atoms in total. The van der Waals surface area contributed by atoms with Gasteiger partial charge >= 0.3 is 0 Å². The van der Waals surface area contributed by atoms with Crippen LogP contribution in [0.5, 0.6) is 0 Å². The lowest BCUT2D eigenvalue weighted by Gasteiger charge is -2.18. The molecule has 2 N–H and O–H groups in total. The molecule has 7 heteroatoms. The van der Waals surface area contributed by atoms with Gasteiger partial charge in [-0.05, 0) is 24.6 Å². The van der Waals surface area contributed by atoms with Gasteiger partial charge in [0.1, 0.15) is 5.69 Å². The Hall–Kier alpha value is -2.96. The number of nitrogens with two attached hydrogens (primary N) is 1. The number of aromatic nitrogens is 3. The van der Waals surface area contributed by atoms with Gasteiger partial charge in [-0.2, -0.15) is 9.90 Å². The van der Waals surface area contributed by atoms with E-state index in [1.165, 1.54) is 15.8 Å². The van der Waals surface area contributed by atoms with Gasteiger partial charge in [0.25, 0.3) is 0 Å². The van der Waals surface area contributed by atoms with Gasteiger partial charge in [0.05, 0.1) is 18.4 Å². The molecule has 0 aliphatic rings. The predicted octanol–water partition coefficient (Wildman–Crippen LogP) is 1.39. The maximum atomic E-state index is 12.2. The Morgan fingerprint density at radius 2 is 2.04 bits per heavy atom. The molecule has 0 unspecified atom stereocenters. The molecule has 0 aliphatic carbocycles. The summed E-state index contributed by atoms with van der Waals surface area (Å²) in [5.74, 6) is -0.792. The number of unbranched alkanes of at least 4 members (excludes halogenated alkanes) is 1. The van der Waals surface area contributed by atoms with Gasteiger partial charge in [0.2, 0.25) is 11.8 Å². The Morgan fingerprint density at radius 3 is 2.71 bits per heavy atom. The number of hydrogen-bond donors (Lipinski definition) is 1. The second-order valence-corrected chi connectivity index (χ2v) is 5.31. The van der Waals surface area contributed by atoms with E-state index in [2.05, 4.69) is 10.2 Å². The van der Waals surface area contributed by atoms with E-state index in [4.69, 9.17) is 5.73 Å². The van der Waals surface area contributed by atoms with Crippen LogP contribution in [0.2, 0.25) is 0 Å². The van der Waals surface area contributed by atoms with Gasteiger partial charge in [0.15, 0.2) is 0 Å². The largest absolute Gasteiger partial charge is 0.368 e. The van der Waals surface area contributed by atoms with E-state index in [1.807, 2.05) is 37.3 Å². The highest BCUT2D eigenvalue weighted by Crippen LogP contribution is 2.06. The summed E-state index contributed by atoms with van der Waals surface area (Å²) in [6.07, 6.45) is 6.28. The fraction of sp³-hybridized carbons (Fsp3) is 0.294. The monoisotopic (exact) mass is 327 g/mol. The van der Waals surface area contributed by atoms with E-state index in [0.29, 0.717) is 12.2 Å². The van der Waals surface area contributed by atoms with Gasteiger partial charge in [-0.3, -0.25) is 9.59 Å². The quantitative estimate of drug-likeness (QED) is 0.741. The lowest BCUT2D eigenvalue weighted by Crippen LogP contribution is -2.38. The average molecular weight is 327 g/mol. The van der Waals surface area contributed by atoms with Crippen LogP contribution < -0.4 is 5.73 Å². The van der Waals surface area contributed by atoms with Gasteiger partial charge in [-0.1, -0.05) is 31.5 Å². The molecule has 0 atom stereocenters. The number of nitrogens with zero attached hydrogens (tertiary/aromatic N) is 4. The summed E-state index contributed by atoms with van der Waals surface area (Å²) in [4.78, 5) is 26.2. The molecular weight excluding hydrogens is 306 g/mol. The fourth-order valence-electron chi connectivity index (χ4n) is 2.10. The number of primary amides is 1. The van der Waals surface area contributed by atoms with Crippen molar-refractivity contribution in [2.75, 3.05) is 13.1 Å². The zero-order valence-electron chi connectivity index (χ0n) is 13.6. The number of hydrogen-bond acceptors (Lipinski definition) is 4. The topological polar surface area (TPSA) is 94.1 Å².